The quantitative estimate of drug-likeness (QED) is 0.862. The van der Waals surface area contributed by atoms with Crippen molar-refractivity contribution in [1.29, 1.82) is 0 Å². The first kappa shape index (κ1) is 16.5. The first-order valence-electron chi connectivity index (χ1n) is 8.66. The molecule has 0 amide bonds. The lowest BCUT2D eigenvalue weighted by molar-refractivity contribution is 0.221. The Hall–Kier alpha value is -0.860. The molecule has 0 bridgehead atoms. The van der Waals surface area contributed by atoms with Crippen molar-refractivity contribution in [3.8, 4) is 0 Å². The van der Waals surface area contributed by atoms with E-state index in [1.54, 1.807) is 0 Å². The highest BCUT2D eigenvalue weighted by molar-refractivity contribution is 5.25. The highest BCUT2D eigenvalue weighted by atomic mass is 15.1. The summed E-state index contributed by atoms with van der Waals surface area (Å²) in [6.45, 7) is 8.91. The van der Waals surface area contributed by atoms with E-state index < -0.39 is 0 Å². The molecule has 1 saturated heterocycles. The van der Waals surface area contributed by atoms with Crippen molar-refractivity contribution in [2.24, 2.45) is 11.7 Å². The second kappa shape index (κ2) is 7.95. The molecular formula is C19H32N2. The molecule has 118 valence electrons. The molecule has 0 spiro atoms. The SMILES string of the molecule is CCCC1CCCN(CC(C)(CN)c2ccccc2)CC1. The highest BCUT2D eigenvalue weighted by Crippen LogP contribution is 2.27. The number of benzene rings is 1. The monoisotopic (exact) mass is 288 g/mol. The van der Waals surface area contributed by atoms with E-state index in [-0.39, 0.29) is 5.41 Å². The van der Waals surface area contributed by atoms with Crippen molar-refractivity contribution in [3.05, 3.63) is 35.9 Å². The molecule has 0 saturated carbocycles. The van der Waals surface area contributed by atoms with Gasteiger partial charge < -0.3 is 10.6 Å². The summed E-state index contributed by atoms with van der Waals surface area (Å²) in [4.78, 5) is 2.65. The molecule has 2 atom stereocenters. The Labute approximate surface area is 130 Å². The summed E-state index contributed by atoms with van der Waals surface area (Å²) in [5, 5.41) is 0. The van der Waals surface area contributed by atoms with E-state index in [2.05, 4.69) is 49.1 Å². The molecule has 1 aliphatic rings. The third-order valence-electron chi connectivity index (χ3n) is 5.13. The van der Waals surface area contributed by atoms with Gasteiger partial charge in [-0.1, -0.05) is 57.0 Å². The zero-order valence-corrected chi connectivity index (χ0v) is 13.9. The Balaban J connectivity index is 1.98. The van der Waals surface area contributed by atoms with Crippen molar-refractivity contribution in [1.82, 2.24) is 4.90 Å². The van der Waals surface area contributed by atoms with E-state index >= 15 is 0 Å². The summed E-state index contributed by atoms with van der Waals surface area (Å²) >= 11 is 0. The number of likely N-dealkylation sites (tertiary alicyclic amines) is 1. The molecule has 1 heterocycles. The molecule has 2 rings (SSSR count). The van der Waals surface area contributed by atoms with E-state index in [1.165, 1.54) is 50.8 Å². The van der Waals surface area contributed by atoms with Gasteiger partial charge in [-0.2, -0.15) is 0 Å². The Morgan fingerprint density at radius 1 is 1.19 bits per heavy atom. The zero-order valence-electron chi connectivity index (χ0n) is 13.9. The summed E-state index contributed by atoms with van der Waals surface area (Å²) in [6, 6.07) is 10.8. The lowest BCUT2D eigenvalue weighted by Crippen LogP contribution is -2.44. The van der Waals surface area contributed by atoms with Crippen LogP contribution in [0.1, 0.15) is 51.5 Å². The predicted octanol–water partition coefficient (Wildman–Crippen LogP) is 3.81. The standard InChI is InChI=1S/C19H32N2/c1-3-8-17-9-7-13-21(14-12-17)16-19(2,15-20)18-10-5-4-6-11-18/h4-6,10-11,17H,3,7-9,12-16,20H2,1-2H3. The molecule has 2 unspecified atom stereocenters. The lowest BCUT2D eigenvalue weighted by atomic mass is 9.82. The van der Waals surface area contributed by atoms with Crippen LogP contribution < -0.4 is 5.73 Å². The van der Waals surface area contributed by atoms with Gasteiger partial charge in [0.15, 0.2) is 0 Å². The van der Waals surface area contributed by atoms with Crippen LogP contribution in [0.15, 0.2) is 30.3 Å². The Morgan fingerprint density at radius 3 is 2.62 bits per heavy atom. The molecule has 1 aliphatic heterocycles. The lowest BCUT2D eigenvalue weighted by Gasteiger charge is -2.35. The summed E-state index contributed by atoms with van der Waals surface area (Å²) < 4.78 is 0. The molecular weight excluding hydrogens is 256 g/mol. The van der Waals surface area contributed by atoms with Crippen LogP contribution in [0.3, 0.4) is 0 Å². The van der Waals surface area contributed by atoms with Crippen molar-refractivity contribution in [3.63, 3.8) is 0 Å². The van der Waals surface area contributed by atoms with Crippen LogP contribution in [0, 0.1) is 5.92 Å². The summed E-state index contributed by atoms with van der Waals surface area (Å²) in [5.74, 6) is 0.945. The number of hydrogen-bond donors (Lipinski definition) is 1. The van der Waals surface area contributed by atoms with Crippen LogP contribution in [0.4, 0.5) is 0 Å². The van der Waals surface area contributed by atoms with Gasteiger partial charge in [0.2, 0.25) is 0 Å². The summed E-state index contributed by atoms with van der Waals surface area (Å²) in [7, 11) is 0. The zero-order chi connectivity index (χ0) is 15.1. The van der Waals surface area contributed by atoms with E-state index in [1.807, 2.05) is 0 Å². The van der Waals surface area contributed by atoms with Gasteiger partial charge in [-0.05, 0) is 43.8 Å². The number of nitrogens with two attached hydrogens (primary N) is 1. The van der Waals surface area contributed by atoms with Crippen LogP contribution >= 0.6 is 0 Å². The van der Waals surface area contributed by atoms with Crippen LogP contribution in [-0.4, -0.2) is 31.1 Å². The third kappa shape index (κ3) is 4.55. The largest absolute Gasteiger partial charge is 0.330 e. The predicted molar refractivity (Wildman–Crippen MR) is 91.5 cm³/mol. The molecule has 2 nitrogen and oxygen atoms in total. The Morgan fingerprint density at radius 2 is 1.95 bits per heavy atom. The first-order valence-corrected chi connectivity index (χ1v) is 8.66. The molecule has 0 aromatic heterocycles. The van der Waals surface area contributed by atoms with E-state index in [9.17, 15) is 0 Å². The maximum Gasteiger partial charge on any atom is 0.0174 e. The summed E-state index contributed by atoms with van der Waals surface area (Å²) in [5.41, 5.74) is 7.60. The maximum absolute atomic E-state index is 6.14. The minimum absolute atomic E-state index is 0.0753. The fraction of sp³-hybridized carbons (Fsp3) is 0.684. The van der Waals surface area contributed by atoms with Crippen LogP contribution in [0.2, 0.25) is 0 Å². The molecule has 0 radical (unpaired) electrons. The van der Waals surface area contributed by atoms with Crippen LogP contribution in [0.5, 0.6) is 0 Å². The topological polar surface area (TPSA) is 29.3 Å². The minimum atomic E-state index is 0.0753. The van der Waals surface area contributed by atoms with Crippen molar-refractivity contribution >= 4 is 0 Å². The average Bonchev–Trinajstić information content (AvgIpc) is 2.74. The summed E-state index contributed by atoms with van der Waals surface area (Å²) in [6.07, 6.45) is 6.86. The van der Waals surface area contributed by atoms with Gasteiger partial charge in [0, 0.05) is 18.5 Å². The normalized spacial score (nSPS) is 23.5. The molecule has 1 fully saturated rings. The molecule has 1 aromatic rings. The fourth-order valence-corrected chi connectivity index (χ4v) is 3.69. The van der Waals surface area contributed by atoms with Gasteiger partial charge in [0.05, 0.1) is 0 Å². The molecule has 0 aliphatic carbocycles. The van der Waals surface area contributed by atoms with Crippen LogP contribution in [-0.2, 0) is 5.41 Å². The highest BCUT2D eigenvalue weighted by Gasteiger charge is 2.28. The second-order valence-electron chi connectivity index (χ2n) is 6.99. The van der Waals surface area contributed by atoms with E-state index in [0.717, 1.165) is 12.5 Å². The van der Waals surface area contributed by atoms with Gasteiger partial charge >= 0.3 is 0 Å². The van der Waals surface area contributed by atoms with E-state index in [4.69, 9.17) is 5.73 Å². The Kier molecular flexibility index (Phi) is 6.25. The smallest absolute Gasteiger partial charge is 0.0174 e. The van der Waals surface area contributed by atoms with Gasteiger partial charge in [-0.15, -0.1) is 0 Å². The maximum atomic E-state index is 6.14. The van der Waals surface area contributed by atoms with Gasteiger partial charge in [0.25, 0.3) is 0 Å². The number of nitrogens with zero attached hydrogens (tertiary/aromatic N) is 1. The molecule has 2 heteroatoms. The van der Waals surface area contributed by atoms with Crippen LogP contribution in [0.25, 0.3) is 0 Å². The Bertz CT molecular complexity index is 403. The van der Waals surface area contributed by atoms with Gasteiger partial charge in [-0.3, -0.25) is 0 Å². The van der Waals surface area contributed by atoms with Crippen molar-refractivity contribution in [2.45, 2.75) is 51.4 Å². The van der Waals surface area contributed by atoms with Gasteiger partial charge in [-0.25, -0.2) is 0 Å². The number of hydrogen-bond acceptors (Lipinski definition) is 2. The average molecular weight is 288 g/mol. The molecule has 2 N–H and O–H groups in total. The second-order valence-corrected chi connectivity index (χ2v) is 6.99. The minimum Gasteiger partial charge on any atom is -0.330 e. The van der Waals surface area contributed by atoms with E-state index in [0.29, 0.717) is 6.54 Å². The van der Waals surface area contributed by atoms with Gasteiger partial charge in [0.1, 0.15) is 0 Å². The van der Waals surface area contributed by atoms with Crippen molar-refractivity contribution < 1.29 is 0 Å². The third-order valence-corrected chi connectivity index (χ3v) is 5.13. The number of rotatable bonds is 6. The fourth-order valence-electron chi connectivity index (χ4n) is 3.69. The molecule has 1 aromatic carbocycles. The van der Waals surface area contributed by atoms with Crippen molar-refractivity contribution in [2.75, 3.05) is 26.2 Å². The molecule has 21 heavy (non-hydrogen) atoms. The first-order chi connectivity index (χ1) is 10.2.